The van der Waals surface area contributed by atoms with Gasteiger partial charge in [-0.2, -0.15) is 0 Å². The van der Waals surface area contributed by atoms with Gasteiger partial charge in [-0.15, -0.1) is 0 Å². The number of hydrogen-bond acceptors (Lipinski definition) is 4. The second kappa shape index (κ2) is 10.6. The Bertz CT molecular complexity index is 2460. The summed E-state index contributed by atoms with van der Waals surface area (Å²) in [5.74, 6) is 8.23. The fraction of sp³-hybridized carbons (Fsp3) is 0.365. The van der Waals surface area contributed by atoms with Crippen LogP contribution in [0.4, 0.5) is 17.1 Å². The molecule has 2 heterocycles. The van der Waals surface area contributed by atoms with Gasteiger partial charge in [-0.1, -0.05) is 84.9 Å². The van der Waals surface area contributed by atoms with Crippen LogP contribution in [-0.4, -0.2) is 15.0 Å². The molecule has 10 aliphatic rings. The van der Waals surface area contributed by atoms with Crippen LogP contribution in [0.25, 0.3) is 22.5 Å². The summed E-state index contributed by atoms with van der Waals surface area (Å²) in [6.45, 7) is 0. The van der Waals surface area contributed by atoms with E-state index in [4.69, 9.17) is 15.0 Å². The molecule has 56 heavy (non-hydrogen) atoms. The Morgan fingerprint density at radius 1 is 0.429 bits per heavy atom. The maximum Gasteiger partial charge on any atom is 0.163 e. The smallest absolute Gasteiger partial charge is 0.163 e. The van der Waals surface area contributed by atoms with Crippen molar-refractivity contribution in [2.24, 2.45) is 35.5 Å². The highest BCUT2D eigenvalue weighted by atomic mass is 15.2. The van der Waals surface area contributed by atoms with Gasteiger partial charge in [0.2, 0.25) is 0 Å². The van der Waals surface area contributed by atoms with E-state index in [0.29, 0.717) is 0 Å². The summed E-state index contributed by atoms with van der Waals surface area (Å²) in [5, 5.41) is 0. The second-order valence-corrected chi connectivity index (χ2v) is 19.5. The molecule has 1 aromatic heterocycles. The molecule has 0 saturated heterocycles. The van der Waals surface area contributed by atoms with Gasteiger partial charge in [-0.05, 0) is 169 Å². The molecule has 8 fully saturated rings. The van der Waals surface area contributed by atoms with Gasteiger partial charge in [0.25, 0.3) is 0 Å². The van der Waals surface area contributed by atoms with E-state index in [-0.39, 0.29) is 10.8 Å². The summed E-state index contributed by atoms with van der Waals surface area (Å²) >= 11 is 0. The zero-order chi connectivity index (χ0) is 36.4. The molecule has 274 valence electrons. The van der Waals surface area contributed by atoms with E-state index in [1.807, 2.05) is 0 Å². The molecule has 16 rings (SSSR count). The molecular weight excluding hydrogens is 681 g/mol. The van der Waals surface area contributed by atoms with E-state index >= 15 is 0 Å². The lowest BCUT2D eigenvalue weighted by atomic mass is 9.64. The zero-order valence-electron chi connectivity index (χ0n) is 31.9. The number of benzene rings is 5. The van der Waals surface area contributed by atoms with Crippen LogP contribution < -0.4 is 4.90 Å². The first kappa shape index (κ1) is 31.0. The third kappa shape index (κ3) is 3.75. The molecule has 1 aliphatic heterocycles. The van der Waals surface area contributed by atoms with Gasteiger partial charge >= 0.3 is 0 Å². The van der Waals surface area contributed by atoms with Gasteiger partial charge in [-0.3, -0.25) is 0 Å². The quantitative estimate of drug-likeness (QED) is 0.181. The number of rotatable bonds is 4. The van der Waals surface area contributed by atoms with Crippen molar-refractivity contribution in [1.29, 1.82) is 0 Å². The molecule has 6 aromatic rings. The number of nitrogens with zero attached hydrogens (tertiary/aromatic N) is 4. The first-order valence-electron chi connectivity index (χ1n) is 21.7. The largest absolute Gasteiger partial charge is 0.310 e. The molecule has 0 amide bonds. The van der Waals surface area contributed by atoms with Crippen molar-refractivity contribution in [3.63, 3.8) is 0 Å². The molecular formula is C52H46N4. The topological polar surface area (TPSA) is 41.9 Å². The lowest BCUT2D eigenvalue weighted by molar-refractivity contribution is 0.252. The summed E-state index contributed by atoms with van der Waals surface area (Å²) in [6, 6.07) is 45.6. The highest BCUT2D eigenvalue weighted by Gasteiger charge is 2.63. The molecule has 4 heteroatoms. The molecule has 4 nitrogen and oxygen atoms in total. The number of hydrogen-bond donors (Lipinski definition) is 0. The van der Waals surface area contributed by atoms with Crippen LogP contribution in [0.15, 0.2) is 121 Å². The molecule has 8 saturated carbocycles. The Kier molecular flexibility index (Phi) is 5.90. The number of fused-ring (bicyclic) bond motifs is 9. The van der Waals surface area contributed by atoms with Crippen molar-refractivity contribution in [1.82, 2.24) is 15.0 Å². The number of aromatic nitrogens is 3. The maximum atomic E-state index is 5.68. The summed E-state index contributed by atoms with van der Waals surface area (Å²) in [6.07, 6.45) is 13.6. The van der Waals surface area contributed by atoms with Crippen LogP contribution >= 0.6 is 0 Å². The van der Waals surface area contributed by atoms with Gasteiger partial charge in [0.1, 0.15) is 11.6 Å². The SMILES string of the molecule is c1ccc2c(c1)-c1ccccc1C21c2ccccc2N(c2ccc(-c3nc(C45CC6CC(CC4C6)C5)nc(C45CC6CC(CC4C6)C5)n3)cc2)c2ccccc21. The summed E-state index contributed by atoms with van der Waals surface area (Å²) in [4.78, 5) is 19.3. The fourth-order valence-electron chi connectivity index (χ4n) is 15.4. The van der Waals surface area contributed by atoms with E-state index in [1.54, 1.807) is 0 Å². The summed E-state index contributed by atoms with van der Waals surface area (Å²) in [5.41, 5.74) is 12.7. The third-order valence-electron chi connectivity index (χ3n) is 16.9. The molecule has 0 radical (unpaired) electrons. The normalized spacial score (nSPS) is 32.5. The van der Waals surface area contributed by atoms with Crippen molar-refractivity contribution in [2.45, 2.75) is 80.5 Å². The predicted molar refractivity (Wildman–Crippen MR) is 221 cm³/mol. The van der Waals surface area contributed by atoms with Crippen LogP contribution in [0.3, 0.4) is 0 Å². The standard InChI is InChI=1S/C52H46N4/c1-3-11-41-39(9-1)40-10-2-4-12-42(40)52(41)43-13-5-7-15-45(43)56(46-16-8-6-14-44(46)52)38-19-17-35(18-20-38)47-53-48(50-27-31-21-32(28-50)24-36(50)23-31)55-49(54-47)51-29-33-22-34(30-51)26-37(51)25-33/h1-20,31-34,36-37H,21-30H2. The molecule has 5 aromatic carbocycles. The van der Waals surface area contributed by atoms with Crippen molar-refractivity contribution >= 4 is 17.1 Å². The van der Waals surface area contributed by atoms with Gasteiger partial charge < -0.3 is 4.90 Å². The van der Waals surface area contributed by atoms with Crippen LogP contribution in [0.5, 0.6) is 0 Å². The Morgan fingerprint density at radius 2 is 0.857 bits per heavy atom. The number of anilines is 3. The fourth-order valence-corrected chi connectivity index (χ4v) is 15.4. The maximum absolute atomic E-state index is 5.68. The van der Waals surface area contributed by atoms with E-state index in [9.17, 15) is 0 Å². The molecule has 9 aliphatic carbocycles. The summed E-state index contributed by atoms with van der Waals surface area (Å²) < 4.78 is 0. The summed E-state index contributed by atoms with van der Waals surface area (Å²) in [7, 11) is 0. The molecule has 1 spiro atoms. The minimum absolute atomic E-state index is 0.168. The number of para-hydroxylation sites is 2. The van der Waals surface area contributed by atoms with Crippen molar-refractivity contribution in [3.8, 4) is 22.5 Å². The van der Waals surface area contributed by atoms with E-state index in [1.165, 1.54) is 109 Å². The molecule has 8 bridgehead atoms. The highest BCUT2D eigenvalue weighted by molar-refractivity contribution is 5.95. The van der Waals surface area contributed by atoms with Crippen molar-refractivity contribution in [3.05, 3.63) is 155 Å². The first-order chi connectivity index (χ1) is 27.6. The highest BCUT2D eigenvalue weighted by Crippen LogP contribution is 2.68. The van der Waals surface area contributed by atoms with Gasteiger partial charge in [0.15, 0.2) is 5.82 Å². The average molecular weight is 727 g/mol. The van der Waals surface area contributed by atoms with E-state index < -0.39 is 5.41 Å². The van der Waals surface area contributed by atoms with Crippen molar-refractivity contribution < 1.29 is 0 Å². The monoisotopic (exact) mass is 726 g/mol. The average Bonchev–Trinajstić information content (AvgIpc) is 3.94. The van der Waals surface area contributed by atoms with Gasteiger partial charge in [-0.25, -0.2) is 15.0 Å². The Balaban J connectivity index is 0.917. The van der Waals surface area contributed by atoms with E-state index in [2.05, 4.69) is 126 Å². The predicted octanol–water partition coefficient (Wildman–Crippen LogP) is 11.8. The minimum Gasteiger partial charge on any atom is -0.310 e. The van der Waals surface area contributed by atoms with Crippen LogP contribution in [0.1, 0.15) is 98.1 Å². The Labute approximate surface area is 329 Å². The minimum atomic E-state index is -0.398. The van der Waals surface area contributed by atoms with Gasteiger partial charge in [0, 0.05) is 22.1 Å². The first-order valence-corrected chi connectivity index (χ1v) is 21.7. The molecule has 4 atom stereocenters. The van der Waals surface area contributed by atoms with Crippen LogP contribution in [-0.2, 0) is 16.2 Å². The van der Waals surface area contributed by atoms with Crippen LogP contribution in [0, 0.1) is 35.5 Å². The Hall–Kier alpha value is -5.09. The van der Waals surface area contributed by atoms with Crippen LogP contribution in [0.2, 0.25) is 0 Å². The zero-order valence-corrected chi connectivity index (χ0v) is 31.9. The second-order valence-electron chi connectivity index (χ2n) is 19.5. The third-order valence-corrected chi connectivity index (χ3v) is 16.9. The van der Waals surface area contributed by atoms with E-state index in [0.717, 1.165) is 64.2 Å². The Morgan fingerprint density at radius 3 is 1.34 bits per heavy atom. The molecule has 0 N–H and O–H groups in total. The molecule has 4 unspecified atom stereocenters. The van der Waals surface area contributed by atoms with Gasteiger partial charge in [0.05, 0.1) is 16.8 Å². The lowest BCUT2D eigenvalue weighted by Gasteiger charge is -2.45. The van der Waals surface area contributed by atoms with Crippen molar-refractivity contribution in [2.75, 3.05) is 4.90 Å². The lowest BCUT2D eigenvalue weighted by Crippen LogP contribution is -2.36.